The summed E-state index contributed by atoms with van der Waals surface area (Å²) in [4.78, 5) is 22.9. The first-order chi connectivity index (χ1) is 13.8. The van der Waals surface area contributed by atoms with Gasteiger partial charge in [-0.1, -0.05) is 33.6 Å². The van der Waals surface area contributed by atoms with E-state index in [1.165, 1.54) is 19.3 Å². The molecule has 8 heteroatoms. The van der Waals surface area contributed by atoms with Gasteiger partial charge in [-0.15, -0.1) is 0 Å². The molecule has 2 N–H and O–H groups in total. The Morgan fingerprint density at radius 1 is 1.24 bits per heavy atom. The number of carbonyl (C=O) groups is 1. The summed E-state index contributed by atoms with van der Waals surface area (Å²) in [5, 5.41) is 11.9. The highest BCUT2D eigenvalue weighted by molar-refractivity contribution is 5.85. The third-order valence-corrected chi connectivity index (χ3v) is 6.04. The molecule has 1 aromatic rings. The zero-order valence-electron chi connectivity index (χ0n) is 18.6. The maximum absolute atomic E-state index is 12.1. The van der Waals surface area contributed by atoms with Crippen LogP contribution in [0.15, 0.2) is 4.99 Å². The van der Waals surface area contributed by atoms with E-state index in [1.54, 1.807) is 19.0 Å². The summed E-state index contributed by atoms with van der Waals surface area (Å²) in [6, 6.07) is 0.631. The molecular weight excluding hydrogens is 366 g/mol. The van der Waals surface area contributed by atoms with Gasteiger partial charge in [0, 0.05) is 38.5 Å². The van der Waals surface area contributed by atoms with Crippen LogP contribution in [0.4, 0.5) is 0 Å². The fourth-order valence-corrected chi connectivity index (χ4v) is 4.01. The predicted molar refractivity (Wildman–Crippen MR) is 115 cm³/mol. The number of nitrogens with one attached hydrogen (secondary N) is 2. The molecule has 3 unspecified atom stereocenters. The van der Waals surface area contributed by atoms with E-state index in [2.05, 4.69) is 46.5 Å². The van der Waals surface area contributed by atoms with Crippen molar-refractivity contribution < 1.29 is 4.79 Å². The molecule has 162 valence electrons. The van der Waals surface area contributed by atoms with Gasteiger partial charge in [0.2, 0.25) is 5.91 Å². The van der Waals surface area contributed by atoms with Gasteiger partial charge in [0.25, 0.3) is 0 Å². The van der Waals surface area contributed by atoms with Crippen molar-refractivity contribution in [2.24, 2.45) is 10.9 Å². The smallest absolute Gasteiger partial charge is 0.243 e. The normalized spacial score (nSPS) is 24.9. The van der Waals surface area contributed by atoms with Gasteiger partial charge in [-0.2, -0.15) is 5.10 Å². The number of likely N-dealkylation sites (N-methyl/N-ethyl adjacent to an activating group) is 1. The fraction of sp³-hybridized carbons (Fsp3) is 0.810. The number of amides is 1. The molecule has 29 heavy (non-hydrogen) atoms. The summed E-state index contributed by atoms with van der Waals surface area (Å²) in [5.74, 6) is 3.69. The van der Waals surface area contributed by atoms with E-state index in [9.17, 15) is 4.79 Å². The molecule has 1 saturated carbocycles. The predicted octanol–water partition coefficient (Wildman–Crippen LogP) is 1.92. The lowest BCUT2D eigenvalue weighted by Crippen LogP contribution is -2.52. The molecule has 2 aliphatic rings. The lowest BCUT2D eigenvalue weighted by atomic mass is 9.86. The van der Waals surface area contributed by atoms with E-state index >= 15 is 0 Å². The second-order valence-electron chi connectivity index (χ2n) is 9.07. The van der Waals surface area contributed by atoms with Crippen LogP contribution in [-0.4, -0.2) is 64.3 Å². The Morgan fingerprint density at radius 3 is 2.69 bits per heavy atom. The molecule has 0 saturated heterocycles. The highest BCUT2D eigenvalue weighted by atomic mass is 16.2. The van der Waals surface area contributed by atoms with E-state index < -0.39 is 0 Å². The lowest BCUT2D eigenvalue weighted by molar-refractivity contribution is -0.127. The van der Waals surface area contributed by atoms with Gasteiger partial charge >= 0.3 is 0 Å². The number of hydrogen-bond donors (Lipinski definition) is 2. The number of rotatable bonds is 5. The van der Waals surface area contributed by atoms with Gasteiger partial charge in [0.05, 0.1) is 6.54 Å². The summed E-state index contributed by atoms with van der Waals surface area (Å²) in [6.07, 6.45) is 6.83. The molecule has 1 fully saturated rings. The van der Waals surface area contributed by atoms with Crippen molar-refractivity contribution in [1.29, 1.82) is 0 Å². The molecular formula is C21H37N7O. The summed E-state index contributed by atoms with van der Waals surface area (Å²) in [6.45, 7) is 7.48. The van der Waals surface area contributed by atoms with E-state index in [0.717, 1.165) is 43.4 Å². The van der Waals surface area contributed by atoms with E-state index in [0.29, 0.717) is 17.9 Å². The summed E-state index contributed by atoms with van der Waals surface area (Å²) in [7, 11) is 3.53. The van der Waals surface area contributed by atoms with Crippen LogP contribution in [0.5, 0.6) is 0 Å². The van der Waals surface area contributed by atoms with Gasteiger partial charge in [0.15, 0.2) is 11.8 Å². The largest absolute Gasteiger partial charge is 0.353 e. The Bertz CT molecular complexity index is 725. The van der Waals surface area contributed by atoms with E-state index in [1.807, 2.05) is 4.68 Å². The van der Waals surface area contributed by atoms with Crippen molar-refractivity contribution in [1.82, 2.24) is 30.3 Å². The van der Waals surface area contributed by atoms with Crippen molar-refractivity contribution in [3.8, 4) is 0 Å². The third-order valence-electron chi connectivity index (χ3n) is 6.04. The first kappa shape index (κ1) is 21.6. The van der Waals surface area contributed by atoms with Gasteiger partial charge in [-0.05, 0) is 25.2 Å². The molecule has 1 aliphatic carbocycles. The Balaban J connectivity index is 1.68. The number of fused-ring (bicyclic) bond motifs is 1. The first-order valence-corrected chi connectivity index (χ1v) is 11.0. The van der Waals surface area contributed by atoms with Crippen LogP contribution in [0.25, 0.3) is 0 Å². The maximum Gasteiger partial charge on any atom is 0.243 e. The van der Waals surface area contributed by atoms with Gasteiger partial charge in [0.1, 0.15) is 12.4 Å². The first-order valence-electron chi connectivity index (χ1n) is 11.0. The highest BCUT2D eigenvalue weighted by Crippen LogP contribution is 2.24. The molecule has 1 aromatic heterocycles. The molecule has 1 aliphatic heterocycles. The Kier molecular flexibility index (Phi) is 7.14. The topological polar surface area (TPSA) is 87.4 Å². The molecule has 1 amide bonds. The SMILES string of the molecule is CC(C)c1nc2n(n1)CC(NC(=NCC(=O)N(C)C)NC1CCCCC1C)CC2. The third kappa shape index (κ3) is 5.70. The quantitative estimate of drug-likeness (QED) is 0.579. The van der Waals surface area contributed by atoms with Crippen LogP contribution in [0.3, 0.4) is 0 Å². The highest BCUT2D eigenvalue weighted by Gasteiger charge is 2.26. The number of nitrogens with zero attached hydrogens (tertiary/aromatic N) is 5. The zero-order valence-corrected chi connectivity index (χ0v) is 18.6. The minimum atomic E-state index is 0.00609. The second kappa shape index (κ2) is 9.59. The maximum atomic E-state index is 12.1. The van der Waals surface area contributed by atoms with Crippen LogP contribution in [0.2, 0.25) is 0 Å². The van der Waals surface area contributed by atoms with Crippen molar-refractivity contribution in [3.05, 3.63) is 11.6 Å². The molecule has 3 rings (SSSR count). The second-order valence-corrected chi connectivity index (χ2v) is 9.07. The van der Waals surface area contributed by atoms with Gasteiger partial charge in [-0.25, -0.2) is 14.7 Å². The van der Waals surface area contributed by atoms with Crippen LogP contribution >= 0.6 is 0 Å². The number of hydrogen-bond acceptors (Lipinski definition) is 4. The van der Waals surface area contributed by atoms with Gasteiger partial charge in [-0.3, -0.25) is 4.79 Å². The number of carbonyl (C=O) groups excluding carboxylic acids is 1. The average Bonchev–Trinajstić information content (AvgIpc) is 3.11. The van der Waals surface area contributed by atoms with E-state index in [4.69, 9.17) is 0 Å². The average molecular weight is 404 g/mol. The number of guanidine groups is 1. The lowest BCUT2D eigenvalue weighted by Gasteiger charge is -2.33. The van der Waals surface area contributed by atoms with Crippen molar-refractivity contribution >= 4 is 11.9 Å². The van der Waals surface area contributed by atoms with Crippen molar-refractivity contribution in [2.45, 2.75) is 83.8 Å². The molecule has 0 radical (unpaired) electrons. The zero-order chi connectivity index (χ0) is 21.0. The molecule has 2 heterocycles. The fourth-order valence-electron chi connectivity index (χ4n) is 4.01. The summed E-state index contributed by atoms with van der Waals surface area (Å²) in [5.41, 5.74) is 0. The molecule has 0 spiro atoms. The number of aliphatic imine (C=N–C) groups is 1. The van der Waals surface area contributed by atoms with Gasteiger partial charge < -0.3 is 15.5 Å². The minimum absolute atomic E-state index is 0.00609. The van der Waals surface area contributed by atoms with Crippen LogP contribution in [0, 0.1) is 5.92 Å². The monoisotopic (exact) mass is 403 g/mol. The Morgan fingerprint density at radius 2 is 2.00 bits per heavy atom. The Labute approximate surface area is 174 Å². The molecule has 0 aromatic carbocycles. The summed E-state index contributed by atoms with van der Waals surface area (Å²) >= 11 is 0. The van der Waals surface area contributed by atoms with Crippen molar-refractivity contribution in [2.75, 3.05) is 20.6 Å². The standard InChI is InChI=1S/C21H37N7O/c1-14(2)20-25-18-11-10-16(13-28(18)26-20)23-21(22-12-19(29)27(4)5)24-17-9-7-6-8-15(17)3/h14-17H,6-13H2,1-5H3,(H2,22,23,24). The Hall–Kier alpha value is -2.12. The summed E-state index contributed by atoms with van der Waals surface area (Å²) < 4.78 is 2.03. The van der Waals surface area contributed by atoms with Crippen molar-refractivity contribution in [3.63, 3.8) is 0 Å². The number of aromatic nitrogens is 3. The van der Waals surface area contributed by atoms with Crippen LogP contribution in [0.1, 0.15) is 70.4 Å². The number of aryl methyl sites for hydroxylation is 1. The molecule has 8 nitrogen and oxygen atoms in total. The van der Waals surface area contributed by atoms with Crippen LogP contribution < -0.4 is 10.6 Å². The molecule has 3 atom stereocenters. The van der Waals surface area contributed by atoms with E-state index in [-0.39, 0.29) is 18.5 Å². The van der Waals surface area contributed by atoms with Crippen LogP contribution in [-0.2, 0) is 17.8 Å². The molecule has 0 bridgehead atoms. The minimum Gasteiger partial charge on any atom is -0.353 e.